The number of amides is 1. The number of anilines is 1. The van der Waals surface area contributed by atoms with Crippen LogP contribution in [0.3, 0.4) is 0 Å². The predicted molar refractivity (Wildman–Crippen MR) is 101 cm³/mol. The van der Waals surface area contributed by atoms with E-state index in [1.807, 2.05) is 24.3 Å². The van der Waals surface area contributed by atoms with Gasteiger partial charge in [0.1, 0.15) is 11.5 Å². The zero-order valence-electron chi connectivity index (χ0n) is 15.0. The van der Waals surface area contributed by atoms with E-state index in [2.05, 4.69) is 10.4 Å². The van der Waals surface area contributed by atoms with Gasteiger partial charge in [-0.15, -0.1) is 0 Å². The smallest absolute Gasteiger partial charge is 0.248 e. The lowest BCUT2D eigenvalue weighted by molar-refractivity contribution is -0.111. The van der Waals surface area contributed by atoms with E-state index >= 15 is 0 Å². The van der Waals surface area contributed by atoms with E-state index in [-0.39, 0.29) is 11.7 Å². The van der Waals surface area contributed by atoms with Crippen LogP contribution < -0.4 is 10.1 Å². The van der Waals surface area contributed by atoms with Gasteiger partial charge in [-0.05, 0) is 24.3 Å². The summed E-state index contributed by atoms with van der Waals surface area (Å²) in [5.41, 5.74) is 1.37. The Morgan fingerprint density at radius 1 is 1.26 bits per heavy atom. The first-order valence-corrected chi connectivity index (χ1v) is 8.29. The first-order valence-electron chi connectivity index (χ1n) is 8.29. The molecule has 2 aromatic heterocycles. The molecule has 3 aromatic rings. The second-order valence-electron chi connectivity index (χ2n) is 5.81. The minimum atomic E-state index is -0.280. The van der Waals surface area contributed by atoms with Crippen LogP contribution in [0.15, 0.2) is 59.3 Å². The molecule has 2 heterocycles. The lowest BCUT2D eigenvalue weighted by Gasteiger charge is -2.03. The van der Waals surface area contributed by atoms with Gasteiger partial charge >= 0.3 is 0 Å². The van der Waals surface area contributed by atoms with Gasteiger partial charge < -0.3 is 14.5 Å². The lowest BCUT2D eigenvalue weighted by atomic mass is 10.2. The van der Waals surface area contributed by atoms with Gasteiger partial charge in [-0.3, -0.25) is 14.3 Å². The number of hydrogen-bond acceptors (Lipinski definition) is 5. The van der Waals surface area contributed by atoms with E-state index in [0.717, 1.165) is 5.56 Å². The number of hydrogen-bond donors (Lipinski definition) is 1. The maximum Gasteiger partial charge on any atom is 0.248 e. The molecule has 0 bridgehead atoms. The Kier molecular flexibility index (Phi) is 5.51. The van der Waals surface area contributed by atoms with Crippen LogP contribution in [-0.4, -0.2) is 28.6 Å². The molecule has 0 saturated heterocycles. The third-order valence-corrected chi connectivity index (χ3v) is 3.78. The molecule has 0 saturated carbocycles. The Morgan fingerprint density at radius 3 is 2.81 bits per heavy atom. The third-order valence-electron chi connectivity index (χ3n) is 3.78. The molecule has 0 aliphatic rings. The molecule has 3 rings (SSSR count). The van der Waals surface area contributed by atoms with Crippen molar-refractivity contribution in [3.63, 3.8) is 0 Å². The Hall–Kier alpha value is -3.61. The highest BCUT2D eigenvalue weighted by Gasteiger charge is 2.08. The van der Waals surface area contributed by atoms with Crippen molar-refractivity contribution in [1.82, 2.24) is 9.78 Å². The number of Topliss-reactive ketones (excluding diaryl/α,β-unsaturated/α-hetero) is 1. The number of nitrogens with zero attached hydrogens (tertiary/aromatic N) is 2. The molecule has 0 atom stereocenters. The molecule has 138 valence electrons. The molecule has 1 aromatic carbocycles. The molecule has 7 heteroatoms. The number of para-hydroxylation sites is 1. The highest BCUT2D eigenvalue weighted by atomic mass is 16.5. The fourth-order valence-electron chi connectivity index (χ4n) is 2.48. The number of aromatic nitrogens is 2. The second-order valence-corrected chi connectivity index (χ2v) is 5.81. The maximum atomic E-state index is 12.1. The van der Waals surface area contributed by atoms with Crippen molar-refractivity contribution in [3.8, 4) is 5.75 Å². The number of nitrogens with one attached hydrogen (secondary N) is 1. The molecular formula is C20H19N3O4. The third kappa shape index (κ3) is 4.72. The van der Waals surface area contributed by atoms with Crippen LogP contribution in [0.1, 0.15) is 28.8 Å². The summed E-state index contributed by atoms with van der Waals surface area (Å²) < 4.78 is 12.3. The van der Waals surface area contributed by atoms with Gasteiger partial charge in [-0.1, -0.05) is 18.2 Å². The van der Waals surface area contributed by atoms with Crippen molar-refractivity contribution in [2.45, 2.75) is 13.5 Å². The maximum absolute atomic E-state index is 12.1. The molecule has 0 unspecified atom stereocenters. The van der Waals surface area contributed by atoms with Crippen LogP contribution in [0, 0.1) is 0 Å². The van der Waals surface area contributed by atoms with E-state index < -0.39 is 0 Å². The number of furan rings is 1. The van der Waals surface area contributed by atoms with Crippen LogP contribution in [-0.2, 0) is 11.3 Å². The van der Waals surface area contributed by atoms with Crippen molar-refractivity contribution >= 4 is 23.5 Å². The lowest BCUT2D eigenvalue weighted by Crippen LogP contribution is -2.07. The second kappa shape index (κ2) is 8.18. The highest BCUT2D eigenvalue weighted by molar-refractivity contribution is 6.01. The van der Waals surface area contributed by atoms with Crippen LogP contribution >= 0.6 is 0 Å². The fourth-order valence-corrected chi connectivity index (χ4v) is 2.48. The predicted octanol–water partition coefficient (Wildman–Crippen LogP) is 3.39. The van der Waals surface area contributed by atoms with Gasteiger partial charge in [0, 0.05) is 24.8 Å². The van der Waals surface area contributed by atoms with E-state index in [1.165, 1.54) is 13.0 Å². The molecule has 0 radical (unpaired) electrons. The summed E-state index contributed by atoms with van der Waals surface area (Å²) in [7, 11) is 1.58. The Morgan fingerprint density at radius 2 is 2.07 bits per heavy atom. The number of benzene rings is 1. The standard InChI is InChI=1S/C20H19N3O4/c1-14(24)18-9-8-17(27-18)13-23-12-16(11-21-23)22-20(25)10-7-15-5-3-4-6-19(15)26-2/h3-12H,13H2,1-2H3,(H,22,25)/b10-7+. The fraction of sp³-hybridized carbons (Fsp3) is 0.150. The molecule has 27 heavy (non-hydrogen) atoms. The summed E-state index contributed by atoms with van der Waals surface area (Å²) in [5, 5.41) is 6.92. The van der Waals surface area contributed by atoms with Gasteiger partial charge in [-0.25, -0.2) is 0 Å². The van der Waals surface area contributed by atoms with Gasteiger partial charge in [0.2, 0.25) is 5.91 Å². The zero-order valence-corrected chi connectivity index (χ0v) is 15.0. The van der Waals surface area contributed by atoms with E-state index in [0.29, 0.717) is 29.5 Å². The molecule has 1 N–H and O–H groups in total. The summed E-state index contributed by atoms with van der Waals surface area (Å²) in [5.74, 6) is 1.20. The largest absolute Gasteiger partial charge is 0.496 e. The average molecular weight is 365 g/mol. The van der Waals surface area contributed by atoms with Gasteiger partial charge in [0.25, 0.3) is 0 Å². The van der Waals surface area contributed by atoms with Crippen LogP contribution in [0.4, 0.5) is 5.69 Å². The summed E-state index contributed by atoms with van der Waals surface area (Å²) in [6, 6.07) is 10.8. The minimum Gasteiger partial charge on any atom is -0.496 e. The van der Waals surface area contributed by atoms with Crippen molar-refractivity contribution in [2.75, 3.05) is 12.4 Å². The van der Waals surface area contributed by atoms with Crippen LogP contribution in [0.2, 0.25) is 0 Å². The Labute approximate surface area is 156 Å². The molecule has 0 aliphatic carbocycles. The minimum absolute atomic E-state index is 0.128. The highest BCUT2D eigenvalue weighted by Crippen LogP contribution is 2.18. The van der Waals surface area contributed by atoms with Crippen LogP contribution in [0.5, 0.6) is 5.75 Å². The van der Waals surface area contributed by atoms with Gasteiger partial charge in [0.05, 0.1) is 25.5 Å². The molecule has 7 nitrogen and oxygen atoms in total. The van der Waals surface area contributed by atoms with E-state index in [4.69, 9.17) is 9.15 Å². The van der Waals surface area contributed by atoms with Crippen molar-refractivity contribution < 1.29 is 18.7 Å². The summed E-state index contributed by atoms with van der Waals surface area (Å²) in [6.07, 6.45) is 6.35. The molecule has 0 fully saturated rings. The number of carbonyl (C=O) groups is 2. The first kappa shape index (κ1) is 18.2. The molecule has 1 amide bonds. The average Bonchev–Trinajstić information content (AvgIpc) is 3.30. The number of rotatable bonds is 7. The Balaban J connectivity index is 1.60. The summed E-state index contributed by atoms with van der Waals surface area (Å²) in [6.45, 7) is 1.81. The topological polar surface area (TPSA) is 86.4 Å². The van der Waals surface area contributed by atoms with Crippen LogP contribution in [0.25, 0.3) is 6.08 Å². The van der Waals surface area contributed by atoms with E-state index in [1.54, 1.807) is 42.4 Å². The SMILES string of the molecule is COc1ccccc1/C=C/C(=O)Nc1cnn(Cc2ccc(C(C)=O)o2)c1. The Bertz CT molecular complexity index is 985. The first-order chi connectivity index (χ1) is 13.0. The number of ketones is 1. The molecule has 0 spiro atoms. The summed E-state index contributed by atoms with van der Waals surface area (Å²) >= 11 is 0. The summed E-state index contributed by atoms with van der Waals surface area (Å²) in [4.78, 5) is 23.4. The number of carbonyl (C=O) groups excluding carboxylic acids is 2. The van der Waals surface area contributed by atoms with Gasteiger partial charge in [0.15, 0.2) is 11.5 Å². The van der Waals surface area contributed by atoms with Crippen molar-refractivity contribution in [3.05, 3.63) is 72.0 Å². The van der Waals surface area contributed by atoms with Gasteiger partial charge in [-0.2, -0.15) is 5.10 Å². The monoisotopic (exact) mass is 365 g/mol. The quantitative estimate of drug-likeness (QED) is 0.512. The zero-order chi connectivity index (χ0) is 19.2. The molecular weight excluding hydrogens is 346 g/mol. The number of methoxy groups -OCH3 is 1. The van der Waals surface area contributed by atoms with Crippen molar-refractivity contribution in [2.24, 2.45) is 0 Å². The molecule has 0 aliphatic heterocycles. The number of ether oxygens (including phenoxy) is 1. The normalized spacial score (nSPS) is 10.9. The van der Waals surface area contributed by atoms with Crippen molar-refractivity contribution in [1.29, 1.82) is 0 Å². The van der Waals surface area contributed by atoms with E-state index in [9.17, 15) is 9.59 Å².